The first-order chi connectivity index (χ1) is 9.18. The fourth-order valence-corrected chi connectivity index (χ4v) is 2.36. The minimum Gasteiger partial charge on any atom is -0.369 e. The molecule has 0 aliphatic rings. The molecule has 156 valence electrons. The average Bonchev–Trinajstić information content (AvgIpc) is 2.33. The highest BCUT2D eigenvalue weighted by Gasteiger charge is 2.31. The largest absolute Gasteiger partial charge is 0.369 e. The molecule has 0 saturated carbocycles. The van der Waals surface area contributed by atoms with Crippen molar-refractivity contribution < 1.29 is 19.5 Å². The molecule has 0 aliphatic carbocycles. The molecular formula is C19H46N2O4. The highest BCUT2D eigenvalue weighted by molar-refractivity contribution is 5.87. The number of aliphatic hydroxyl groups is 1. The van der Waals surface area contributed by atoms with E-state index in [-0.39, 0.29) is 49.3 Å². The van der Waals surface area contributed by atoms with Crippen molar-refractivity contribution in [2.75, 3.05) is 0 Å². The summed E-state index contributed by atoms with van der Waals surface area (Å²) in [6.07, 6.45) is 0.0811. The highest BCUT2D eigenvalue weighted by atomic mass is 16.3. The van der Waals surface area contributed by atoms with Crippen LogP contribution in [0.15, 0.2) is 0 Å². The number of nitrogens with one attached hydrogen (secondary N) is 1. The zero-order valence-corrected chi connectivity index (χ0v) is 12.6. The van der Waals surface area contributed by atoms with Crippen LogP contribution in [0.4, 0.5) is 0 Å². The summed E-state index contributed by atoms with van der Waals surface area (Å²) in [7, 11) is 0. The molecule has 6 heteroatoms. The predicted molar refractivity (Wildman–Crippen MR) is 109 cm³/mol. The topological polar surface area (TPSA) is 109 Å². The minimum atomic E-state index is -1.55. The van der Waals surface area contributed by atoms with Gasteiger partial charge in [-0.05, 0) is 24.7 Å². The zero-order valence-electron chi connectivity index (χ0n) is 12.6. The lowest BCUT2D eigenvalue weighted by Gasteiger charge is -2.25. The molecule has 0 bridgehead atoms. The molecule has 0 rings (SSSR count). The monoisotopic (exact) mass is 366 g/mol. The number of aldehydes is 1. The van der Waals surface area contributed by atoms with Crippen LogP contribution < -0.4 is 11.1 Å². The Bertz CT molecular complexity index is 346. The molecule has 0 heterocycles. The summed E-state index contributed by atoms with van der Waals surface area (Å²) in [4.78, 5) is 33.7. The second-order valence-corrected chi connectivity index (χ2v) is 5.86. The Balaban J connectivity index is -0.000000180. The van der Waals surface area contributed by atoms with E-state index < -0.39 is 29.9 Å². The van der Waals surface area contributed by atoms with Gasteiger partial charge in [0.15, 0.2) is 12.5 Å². The van der Waals surface area contributed by atoms with Gasteiger partial charge in [0.1, 0.15) is 0 Å². The second-order valence-electron chi connectivity index (χ2n) is 5.86. The van der Waals surface area contributed by atoms with Gasteiger partial charge in [-0.25, -0.2) is 0 Å². The molecule has 0 aromatic carbocycles. The van der Waals surface area contributed by atoms with Crippen molar-refractivity contribution >= 4 is 18.1 Å². The first-order valence-corrected chi connectivity index (χ1v) is 6.92. The van der Waals surface area contributed by atoms with Crippen molar-refractivity contribution in [2.45, 2.75) is 83.9 Å². The molecule has 4 unspecified atom stereocenters. The number of carbonyl (C=O) groups is 3. The molecule has 0 aromatic rings. The van der Waals surface area contributed by atoms with Gasteiger partial charge >= 0.3 is 0 Å². The predicted octanol–water partition coefficient (Wildman–Crippen LogP) is 3.61. The molecule has 4 N–H and O–H groups in total. The Labute approximate surface area is 157 Å². The van der Waals surface area contributed by atoms with Crippen LogP contribution in [0.2, 0.25) is 0 Å². The van der Waals surface area contributed by atoms with E-state index in [1.54, 1.807) is 6.92 Å². The lowest BCUT2D eigenvalue weighted by molar-refractivity contribution is -0.137. The van der Waals surface area contributed by atoms with Gasteiger partial charge in [-0.15, -0.1) is 0 Å². The lowest BCUT2D eigenvalue weighted by Crippen LogP contribution is -2.44. The van der Waals surface area contributed by atoms with E-state index in [1.807, 2.05) is 6.92 Å². The Morgan fingerprint density at radius 3 is 1.76 bits per heavy atom. The van der Waals surface area contributed by atoms with Gasteiger partial charge in [0, 0.05) is 11.8 Å². The van der Waals surface area contributed by atoms with Crippen molar-refractivity contribution in [2.24, 2.45) is 29.4 Å². The molecule has 0 saturated heterocycles. The molecular weight excluding hydrogens is 320 g/mol. The van der Waals surface area contributed by atoms with Gasteiger partial charge in [-0.2, -0.15) is 0 Å². The van der Waals surface area contributed by atoms with Gasteiger partial charge in [0.25, 0.3) is 0 Å². The number of primary amides is 1. The van der Waals surface area contributed by atoms with Gasteiger partial charge in [-0.3, -0.25) is 14.4 Å². The summed E-state index contributed by atoms with van der Waals surface area (Å²) in [5.41, 5.74) is 5.26. The van der Waals surface area contributed by atoms with Crippen LogP contribution >= 0.6 is 0 Å². The average molecular weight is 367 g/mol. The zero-order chi connectivity index (χ0) is 15.9. The quantitative estimate of drug-likeness (QED) is 0.427. The molecule has 0 aliphatic heterocycles. The van der Waals surface area contributed by atoms with E-state index in [9.17, 15) is 14.4 Å². The smallest absolute Gasteiger partial charge is 0.226 e. The maximum absolute atomic E-state index is 12.0. The van der Waals surface area contributed by atoms with E-state index in [4.69, 9.17) is 10.8 Å². The molecule has 25 heavy (non-hydrogen) atoms. The molecule has 0 aromatic heterocycles. The first-order valence-electron chi connectivity index (χ1n) is 6.92. The SMILES string of the molecule is C.C.C.C.C.CC(C)CC(C)CC(C(=O)NC(O)C=O)C(C)C(N)=O. The van der Waals surface area contributed by atoms with E-state index in [1.165, 1.54) is 0 Å². The Morgan fingerprint density at radius 2 is 1.44 bits per heavy atom. The van der Waals surface area contributed by atoms with Crippen molar-refractivity contribution in [1.29, 1.82) is 0 Å². The molecule has 0 spiro atoms. The van der Waals surface area contributed by atoms with Crippen molar-refractivity contribution in [3.63, 3.8) is 0 Å². The Kier molecular flexibility index (Phi) is 29.4. The summed E-state index contributed by atoms with van der Waals surface area (Å²) in [6.45, 7) is 7.75. The van der Waals surface area contributed by atoms with Crippen LogP contribution in [0, 0.1) is 23.7 Å². The molecule has 0 radical (unpaired) electrons. The number of hydrogen-bond acceptors (Lipinski definition) is 4. The summed E-state index contributed by atoms with van der Waals surface area (Å²) < 4.78 is 0. The first kappa shape index (κ1) is 38.9. The van der Waals surface area contributed by atoms with E-state index in [2.05, 4.69) is 19.2 Å². The van der Waals surface area contributed by atoms with Gasteiger partial charge in [0.05, 0.1) is 0 Å². The molecule has 2 amide bonds. The van der Waals surface area contributed by atoms with Crippen molar-refractivity contribution in [3.05, 3.63) is 0 Å². The molecule has 0 fully saturated rings. The summed E-state index contributed by atoms with van der Waals surface area (Å²) in [5.74, 6) is -1.66. The van der Waals surface area contributed by atoms with Crippen LogP contribution in [0.5, 0.6) is 0 Å². The van der Waals surface area contributed by atoms with Crippen LogP contribution in [-0.4, -0.2) is 29.4 Å². The summed E-state index contributed by atoms with van der Waals surface area (Å²) in [5, 5.41) is 11.3. The van der Waals surface area contributed by atoms with Crippen LogP contribution in [0.25, 0.3) is 0 Å². The number of rotatable bonds is 9. The van der Waals surface area contributed by atoms with E-state index >= 15 is 0 Å². The van der Waals surface area contributed by atoms with Crippen molar-refractivity contribution in [1.82, 2.24) is 5.32 Å². The minimum absolute atomic E-state index is 0. The number of amides is 2. The third kappa shape index (κ3) is 15.8. The normalized spacial score (nSPS) is 13.7. The van der Waals surface area contributed by atoms with Crippen LogP contribution in [-0.2, 0) is 14.4 Å². The third-order valence-electron chi connectivity index (χ3n) is 3.34. The van der Waals surface area contributed by atoms with Gasteiger partial charge in [-0.1, -0.05) is 64.8 Å². The van der Waals surface area contributed by atoms with Gasteiger partial charge in [0.2, 0.25) is 11.8 Å². The number of nitrogens with two attached hydrogens (primary N) is 1. The van der Waals surface area contributed by atoms with Crippen LogP contribution in [0.1, 0.15) is 77.7 Å². The maximum Gasteiger partial charge on any atom is 0.226 e. The Morgan fingerprint density at radius 1 is 1.00 bits per heavy atom. The summed E-state index contributed by atoms with van der Waals surface area (Å²) >= 11 is 0. The fraction of sp³-hybridized carbons (Fsp3) is 0.842. The Hall–Kier alpha value is -1.43. The number of carbonyl (C=O) groups excluding carboxylic acids is 3. The lowest BCUT2D eigenvalue weighted by atomic mass is 9.82. The van der Waals surface area contributed by atoms with E-state index in [0.29, 0.717) is 12.3 Å². The van der Waals surface area contributed by atoms with Gasteiger partial charge < -0.3 is 16.2 Å². The molecule has 6 nitrogen and oxygen atoms in total. The van der Waals surface area contributed by atoms with Crippen LogP contribution in [0.3, 0.4) is 0 Å². The fourth-order valence-electron chi connectivity index (χ4n) is 2.36. The third-order valence-corrected chi connectivity index (χ3v) is 3.34. The molecule has 4 atom stereocenters. The highest BCUT2D eigenvalue weighted by Crippen LogP contribution is 2.25. The maximum atomic E-state index is 12.0. The summed E-state index contributed by atoms with van der Waals surface area (Å²) in [6, 6.07) is 0. The standard InChI is InChI=1S/C14H26N2O4.5CH4/c1-8(2)5-9(3)6-11(10(4)13(15)19)14(20)16-12(18)7-17;;;;;/h7-12,18H,5-6H2,1-4H3,(H2,15,19)(H,16,20);5*1H4. The van der Waals surface area contributed by atoms with E-state index in [0.717, 1.165) is 6.42 Å². The second kappa shape index (κ2) is 18.9. The number of hydrogen-bond donors (Lipinski definition) is 3. The van der Waals surface area contributed by atoms with Crippen molar-refractivity contribution in [3.8, 4) is 0 Å². The number of aliphatic hydroxyl groups excluding tert-OH is 1.